The van der Waals surface area contributed by atoms with Gasteiger partial charge < -0.3 is 10.2 Å². The third-order valence-electron chi connectivity index (χ3n) is 3.71. The minimum Gasteiger partial charge on any atom is -0.314 e. The van der Waals surface area contributed by atoms with Crippen molar-refractivity contribution in [2.24, 2.45) is 11.8 Å². The number of nitrogens with zero attached hydrogens (tertiary/aromatic N) is 1. The summed E-state index contributed by atoms with van der Waals surface area (Å²) in [7, 11) is 0. The summed E-state index contributed by atoms with van der Waals surface area (Å²) in [5, 5.41) is 3.60. The van der Waals surface area contributed by atoms with Crippen LogP contribution >= 0.6 is 0 Å². The second kappa shape index (κ2) is 7.29. The molecule has 0 aromatic rings. The van der Waals surface area contributed by atoms with Crippen molar-refractivity contribution in [1.29, 1.82) is 0 Å². The van der Waals surface area contributed by atoms with E-state index in [1.165, 1.54) is 38.9 Å². The molecule has 1 rings (SSSR count). The van der Waals surface area contributed by atoms with Crippen LogP contribution in [0, 0.1) is 11.8 Å². The first-order valence-corrected chi connectivity index (χ1v) is 7.09. The van der Waals surface area contributed by atoms with Crippen molar-refractivity contribution in [2.75, 3.05) is 26.2 Å². The van der Waals surface area contributed by atoms with Crippen molar-refractivity contribution < 1.29 is 0 Å². The molecule has 1 aliphatic rings. The van der Waals surface area contributed by atoms with Gasteiger partial charge in [-0.15, -0.1) is 0 Å². The molecule has 1 aliphatic heterocycles. The van der Waals surface area contributed by atoms with Gasteiger partial charge in [0.05, 0.1) is 0 Å². The van der Waals surface area contributed by atoms with Crippen molar-refractivity contribution in [1.82, 2.24) is 10.2 Å². The first-order valence-electron chi connectivity index (χ1n) is 7.09. The van der Waals surface area contributed by atoms with Crippen molar-refractivity contribution in [3.63, 3.8) is 0 Å². The van der Waals surface area contributed by atoms with E-state index in [0.717, 1.165) is 24.4 Å². The van der Waals surface area contributed by atoms with Crippen molar-refractivity contribution in [3.05, 3.63) is 0 Å². The predicted molar refractivity (Wildman–Crippen MR) is 71.8 cm³/mol. The van der Waals surface area contributed by atoms with Gasteiger partial charge >= 0.3 is 0 Å². The highest BCUT2D eigenvalue weighted by molar-refractivity contribution is 4.82. The van der Waals surface area contributed by atoms with Crippen LogP contribution in [-0.2, 0) is 0 Å². The Morgan fingerprint density at radius 1 is 1.38 bits per heavy atom. The predicted octanol–water partition coefficient (Wildman–Crippen LogP) is 2.74. The van der Waals surface area contributed by atoms with E-state index in [1.54, 1.807) is 0 Å². The minimum absolute atomic E-state index is 0.756. The van der Waals surface area contributed by atoms with E-state index in [9.17, 15) is 0 Å². The average molecular weight is 226 g/mol. The Kier molecular flexibility index (Phi) is 6.37. The molecule has 0 radical (unpaired) electrons. The van der Waals surface area contributed by atoms with Gasteiger partial charge in [0, 0.05) is 12.6 Å². The van der Waals surface area contributed by atoms with Gasteiger partial charge in [-0.1, -0.05) is 27.7 Å². The van der Waals surface area contributed by atoms with Crippen LogP contribution in [0.1, 0.15) is 47.0 Å². The molecule has 0 aromatic carbocycles. The van der Waals surface area contributed by atoms with Gasteiger partial charge in [-0.05, 0) is 50.7 Å². The number of nitrogens with one attached hydrogen (secondary N) is 1. The number of likely N-dealkylation sites (tertiary alicyclic amines) is 1. The maximum atomic E-state index is 3.60. The molecule has 0 aromatic heterocycles. The van der Waals surface area contributed by atoms with Crippen LogP contribution in [0.25, 0.3) is 0 Å². The zero-order chi connectivity index (χ0) is 12.0. The molecular formula is C14H30N2. The number of piperidine rings is 1. The van der Waals surface area contributed by atoms with E-state index in [4.69, 9.17) is 0 Å². The van der Waals surface area contributed by atoms with Crippen LogP contribution in [0.15, 0.2) is 0 Å². The van der Waals surface area contributed by atoms with E-state index in [-0.39, 0.29) is 0 Å². The molecule has 2 heteroatoms. The van der Waals surface area contributed by atoms with Crippen molar-refractivity contribution >= 4 is 0 Å². The highest BCUT2D eigenvalue weighted by Crippen LogP contribution is 2.17. The van der Waals surface area contributed by atoms with Gasteiger partial charge in [0.1, 0.15) is 0 Å². The van der Waals surface area contributed by atoms with Crippen LogP contribution in [0.5, 0.6) is 0 Å². The van der Waals surface area contributed by atoms with Gasteiger partial charge in [-0.25, -0.2) is 0 Å². The molecule has 0 saturated carbocycles. The fourth-order valence-electron chi connectivity index (χ4n) is 2.72. The summed E-state index contributed by atoms with van der Waals surface area (Å²) in [6.45, 7) is 14.2. The van der Waals surface area contributed by atoms with E-state index in [2.05, 4.69) is 37.9 Å². The highest BCUT2D eigenvalue weighted by atomic mass is 15.1. The Bertz CT molecular complexity index is 180. The molecular weight excluding hydrogens is 196 g/mol. The molecule has 0 bridgehead atoms. The lowest BCUT2D eigenvalue weighted by atomic mass is 9.93. The van der Waals surface area contributed by atoms with Gasteiger partial charge in [0.15, 0.2) is 0 Å². The van der Waals surface area contributed by atoms with E-state index in [1.807, 2.05) is 0 Å². The summed E-state index contributed by atoms with van der Waals surface area (Å²) in [5.74, 6) is 1.67. The summed E-state index contributed by atoms with van der Waals surface area (Å²) in [5.41, 5.74) is 0. The summed E-state index contributed by atoms with van der Waals surface area (Å²) in [6, 6.07) is 0.756. The van der Waals surface area contributed by atoms with Crippen LogP contribution in [0.2, 0.25) is 0 Å². The highest BCUT2D eigenvalue weighted by Gasteiger charge is 2.24. The van der Waals surface area contributed by atoms with Gasteiger partial charge in [-0.3, -0.25) is 0 Å². The first-order chi connectivity index (χ1) is 7.63. The molecule has 96 valence electrons. The Balaban J connectivity index is 2.18. The van der Waals surface area contributed by atoms with Gasteiger partial charge in [0.25, 0.3) is 0 Å². The first kappa shape index (κ1) is 14.0. The van der Waals surface area contributed by atoms with E-state index >= 15 is 0 Å². The lowest BCUT2D eigenvalue weighted by molar-refractivity contribution is 0.145. The Labute approximate surface area is 102 Å². The zero-order valence-corrected chi connectivity index (χ0v) is 11.6. The summed E-state index contributed by atoms with van der Waals surface area (Å²) in [6.07, 6.45) is 4.08. The quantitative estimate of drug-likeness (QED) is 0.749. The number of rotatable bonds is 6. The lowest BCUT2D eigenvalue weighted by Gasteiger charge is -2.37. The topological polar surface area (TPSA) is 15.3 Å². The fourth-order valence-corrected chi connectivity index (χ4v) is 2.72. The Morgan fingerprint density at radius 2 is 2.12 bits per heavy atom. The second-order valence-corrected chi connectivity index (χ2v) is 5.77. The number of hydrogen-bond acceptors (Lipinski definition) is 2. The fraction of sp³-hybridized carbons (Fsp3) is 1.00. The van der Waals surface area contributed by atoms with Gasteiger partial charge in [-0.2, -0.15) is 0 Å². The number of hydrogen-bond donors (Lipinski definition) is 1. The molecule has 2 atom stereocenters. The third-order valence-corrected chi connectivity index (χ3v) is 3.71. The normalized spacial score (nSPS) is 27.6. The van der Waals surface area contributed by atoms with Crippen LogP contribution in [0.3, 0.4) is 0 Å². The maximum absolute atomic E-state index is 3.60. The van der Waals surface area contributed by atoms with E-state index in [0.29, 0.717) is 0 Å². The molecule has 0 spiro atoms. The summed E-state index contributed by atoms with van der Waals surface area (Å²) < 4.78 is 0. The van der Waals surface area contributed by atoms with Crippen molar-refractivity contribution in [2.45, 2.75) is 53.0 Å². The molecule has 16 heavy (non-hydrogen) atoms. The lowest BCUT2D eigenvalue weighted by Crippen LogP contribution is -2.48. The molecule has 2 unspecified atom stereocenters. The molecule has 0 amide bonds. The zero-order valence-electron chi connectivity index (χ0n) is 11.6. The molecule has 2 nitrogen and oxygen atoms in total. The smallest absolute Gasteiger partial charge is 0.0117 e. The summed E-state index contributed by atoms with van der Waals surface area (Å²) >= 11 is 0. The largest absolute Gasteiger partial charge is 0.314 e. The SMILES string of the molecule is CCNC1CCN(CCCC(C)C)CC1C. The van der Waals surface area contributed by atoms with Crippen molar-refractivity contribution in [3.8, 4) is 0 Å². The van der Waals surface area contributed by atoms with Crippen LogP contribution < -0.4 is 5.32 Å². The molecule has 1 heterocycles. The Morgan fingerprint density at radius 3 is 2.69 bits per heavy atom. The molecule has 1 fully saturated rings. The summed E-state index contributed by atoms with van der Waals surface area (Å²) in [4.78, 5) is 2.65. The van der Waals surface area contributed by atoms with Crippen LogP contribution in [0.4, 0.5) is 0 Å². The minimum atomic E-state index is 0.756. The van der Waals surface area contributed by atoms with Crippen LogP contribution in [-0.4, -0.2) is 37.1 Å². The Hall–Kier alpha value is -0.0800. The standard InChI is InChI=1S/C14H30N2/c1-5-15-14-8-10-16(11-13(14)4)9-6-7-12(2)3/h12-15H,5-11H2,1-4H3. The molecule has 0 aliphatic carbocycles. The van der Waals surface area contributed by atoms with E-state index < -0.39 is 0 Å². The molecule has 1 N–H and O–H groups in total. The molecule has 1 saturated heterocycles. The second-order valence-electron chi connectivity index (χ2n) is 5.77. The third kappa shape index (κ3) is 4.84. The average Bonchev–Trinajstić information content (AvgIpc) is 2.21. The van der Waals surface area contributed by atoms with Gasteiger partial charge in [0.2, 0.25) is 0 Å². The maximum Gasteiger partial charge on any atom is 0.0117 e. The monoisotopic (exact) mass is 226 g/mol.